The summed E-state index contributed by atoms with van der Waals surface area (Å²) in [5.74, 6) is 1.83. The van der Waals surface area contributed by atoms with Gasteiger partial charge in [-0.2, -0.15) is 4.99 Å². The summed E-state index contributed by atoms with van der Waals surface area (Å²) in [5, 5.41) is 0. The van der Waals surface area contributed by atoms with Crippen LogP contribution in [0.1, 0.15) is 49.4 Å². The monoisotopic (exact) mass is 267 g/mol. The molecule has 2 aromatic rings. The Balaban J connectivity index is 1.84. The number of isocyanates is 1. The van der Waals surface area contributed by atoms with Crippen LogP contribution >= 0.6 is 0 Å². The molecule has 1 heterocycles. The highest BCUT2D eigenvalue weighted by atomic mass is 16.1. The minimum atomic E-state index is -0.326. The molecule has 0 spiro atoms. The third-order valence-electron chi connectivity index (χ3n) is 4.84. The van der Waals surface area contributed by atoms with Gasteiger partial charge in [0.1, 0.15) is 5.82 Å². The quantitative estimate of drug-likeness (QED) is 0.633. The predicted molar refractivity (Wildman–Crippen MR) is 76.3 cm³/mol. The van der Waals surface area contributed by atoms with Gasteiger partial charge in [-0.3, -0.25) is 0 Å². The van der Waals surface area contributed by atoms with E-state index < -0.39 is 0 Å². The second kappa shape index (κ2) is 4.03. The van der Waals surface area contributed by atoms with Crippen LogP contribution in [0.15, 0.2) is 23.2 Å². The standard InChI is InChI=1S/C16H17N3O/c1-19-14-6-5-12(16(17-10-20)7-2-8-16)9-13(14)18-15(19)11-3-4-11/h5-6,9,11H,2-4,7-8H2,1H3. The van der Waals surface area contributed by atoms with Crippen LogP contribution in [-0.2, 0) is 17.4 Å². The molecule has 0 saturated heterocycles. The van der Waals surface area contributed by atoms with Gasteiger partial charge in [0.2, 0.25) is 6.08 Å². The number of carbonyl (C=O) groups excluding carboxylic acids is 1. The average Bonchev–Trinajstić information content (AvgIpc) is 3.19. The van der Waals surface area contributed by atoms with Crippen molar-refractivity contribution in [2.75, 3.05) is 0 Å². The van der Waals surface area contributed by atoms with E-state index in [2.05, 4.69) is 34.8 Å². The Morgan fingerprint density at radius 2 is 2.20 bits per heavy atom. The van der Waals surface area contributed by atoms with Crippen LogP contribution in [0.3, 0.4) is 0 Å². The van der Waals surface area contributed by atoms with Gasteiger partial charge < -0.3 is 4.57 Å². The van der Waals surface area contributed by atoms with Gasteiger partial charge in [-0.25, -0.2) is 9.78 Å². The Bertz CT molecular complexity index is 732. The van der Waals surface area contributed by atoms with Crippen LogP contribution in [-0.4, -0.2) is 15.6 Å². The molecular weight excluding hydrogens is 250 g/mol. The minimum absolute atomic E-state index is 0.326. The van der Waals surface area contributed by atoms with E-state index in [1.807, 2.05) is 0 Å². The molecule has 0 aliphatic heterocycles. The molecule has 1 aromatic carbocycles. The smallest absolute Gasteiger partial charge is 0.235 e. The van der Waals surface area contributed by atoms with Gasteiger partial charge in [0.15, 0.2) is 0 Å². The normalized spacial score (nSPS) is 20.4. The van der Waals surface area contributed by atoms with Crippen molar-refractivity contribution < 1.29 is 4.79 Å². The maximum absolute atomic E-state index is 10.7. The predicted octanol–water partition coefficient (Wildman–Crippen LogP) is 3.17. The van der Waals surface area contributed by atoms with E-state index in [0.29, 0.717) is 5.92 Å². The number of aryl methyl sites for hydroxylation is 1. The number of aliphatic imine (C=N–C) groups is 1. The van der Waals surface area contributed by atoms with Crippen molar-refractivity contribution in [2.24, 2.45) is 12.0 Å². The van der Waals surface area contributed by atoms with Gasteiger partial charge in [0.25, 0.3) is 0 Å². The summed E-state index contributed by atoms with van der Waals surface area (Å²) >= 11 is 0. The molecular formula is C16H17N3O. The number of aromatic nitrogens is 2. The highest BCUT2D eigenvalue weighted by Gasteiger charge is 2.39. The van der Waals surface area contributed by atoms with Gasteiger partial charge in [0.05, 0.1) is 16.6 Å². The number of benzene rings is 1. The Labute approximate surface area is 117 Å². The molecule has 4 heteroatoms. The molecule has 4 rings (SSSR count). The zero-order valence-corrected chi connectivity index (χ0v) is 11.6. The number of nitrogens with zero attached hydrogens (tertiary/aromatic N) is 3. The lowest BCUT2D eigenvalue weighted by molar-refractivity contribution is 0.256. The Morgan fingerprint density at radius 3 is 2.80 bits per heavy atom. The highest BCUT2D eigenvalue weighted by molar-refractivity contribution is 5.77. The third kappa shape index (κ3) is 1.58. The van der Waals surface area contributed by atoms with Crippen molar-refractivity contribution in [1.29, 1.82) is 0 Å². The van der Waals surface area contributed by atoms with Crippen molar-refractivity contribution in [3.05, 3.63) is 29.6 Å². The molecule has 102 valence electrons. The number of rotatable bonds is 3. The first-order chi connectivity index (χ1) is 9.73. The van der Waals surface area contributed by atoms with Crippen LogP contribution < -0.4 is 0 Å². The summed E-state index contributed by atoms with van der Waals surface area (Å²) in [7, 11) is 2.09. The summed E-state index contributed by atoms with van der Waals surface area (Å²) in [6.45, 7) is 0. The van der Waals surface area contributed by atoms with Crippen LogP contribution in [0.5, 0.6) is 0 Å². The SMILES string of the molecule is Cn1c(C2CC2)nc2cc(C3(N=C=O)CCC3)ccc21. The van der Waals surface area contributed by atoms with Gasteiger partial charge in [-0.15, -0.1) is 0 Å². The van der Waals surface area contributed by atoms with Crippen LogP contribution in [0.4, 0.5) is 0 Å². The maximum Gasteiger partial charge on any atom is 0.235 e. The molecule has 0 unspecified atom stereocenters. The zero-order valence-electron chi connectivity index (χ0n) is 11.6. The fraction of sp³-hybridized carbons (Fsp3) is 0.500. The summed E-state index contributed by atoms with van der Waals surface area (Å²) < 4.78 is 2.20. The summed E-state index contributed by atoms with van der Waals surface area (Å²) in [6.07, 6.45) is 7.26. The van der Waals surface area contributed by atoms with Crippen LogP contribution in [0.25, 0.3) is 11.0 Å². The fourth-order valence-electron chi connectivity index (χ4n) is 3.28. The topological polar surface area (TPSA) is 47.2 Å². The number of imidazole rings is 1. The van der Waals surface area contributed by atoms with Gasteiger partial charge in [-0.1, -0.05) is 6.07 Å². The molecule has 2 aliphatic carbocycles. The largest absolute Gasteiger partial charge is 0.331 e. The van der Waals surface area contributed by atoms with E-state index in [0.717, 1.165) is 30.3 Å². The molecule has 0 N–H and O–H groups in total. The summed E-state index contributed by atoms with van der Waals surface area (Å²) in [6, 6.07) is 6.33. The van der Waals surface area contributed by atoms with Crippen LogP contribution in [0.2, 0.25) is 0 Å². The number of hydrogen-bond donors (Lipinski definition) is 0. The molecule has 0 radical (unpaired) electrons. The zero-order chi connectivity index (χ0) is 13.7. The second-order valence-corrected chi connectivity index (χ2v) is 6.10. The van der Waals surface area contributed by atoms with E-state index in [1.165, 1.54) is 24.2 Å². The van der Waals surface area contributed by atoms with Crippen molar-refractivity contribution in [3.8, 4) is 0 Å². The van der Waals surface area contributed by atoms with E-state index in [-0.39, 0.29) is 5.54 Å². The maximum atomic E-state index is 10.7. The summed E-state index contributed by atoms with van der Waals surface area (Å²) in [5.41, 5.74) is 2.98. The molecule has 20 heavy (non-hydrogen) atoms. The van der Waals surface area contributed by atoms with Gasteiger partial charge in [0, 0.05) is 13.0 Å². The Morgan fingerprint density at radius 1 is 1.40 bits per heavy atom. The van der Waals surface area contributed by atoms with Crippen molar-refractivity contribution in [3.63, 3.8) is 0 Å². The summed E-state index contributed by atoms with van der Waals surface area (Å²) in [4.78, 5) is 19.6. The molecule has 2 saturated carbocycles. The molecule has 0 amide bonds. The molecule has 0 atom stereocenters. The Kier molecular flexibility index (Phi) is 2.39. The lowest BCUT2D eigenvalue weighted by Gasteiger charge is -2.37. The first kappa shape index (κ1) is 11.9. The molecule has 4 nitrogen and oxygen atoms in total. The van der Waals surface area contributed by atoms with Crippen molar-refractivity contribution in [2.45, 2.75) is 43.6 Å². The fourth-order valence-corrected chi connectivity index (χ4v) is 3.28. The highest BCUT2D eigenvalue weighted by Crippen LogP contribution is 2.46. The molecule has 2 fully saturated rings. The Hall–Kier alpha value is -1.93. The third-order valence-corrected chi connectivity index (χ3v) is 4.84. The van der Waals surface area contributed by atoms with Crippen molar-refractivity contribution >= 4 is 17.1 Å². The molecule has 0 bridgehead atoms. The lowest BCUT2D eigenvalue weighted by atomic mass is 9.72. The van der Waals surface area contributed by atoms with E-state index >= 15 is 0 Å². The van der Waals surface area contributed by atoms with E-state index in [1.54, 1.807) is 6.08 Å². The number of hydrogen-bond acceptors (Lipinski definition) is 3. The average molecular weight is 267 g/mol. The van der Waals surface area contributed by atoms with Crippen molar-refractivity contribution in [1.82, 2.24) is 9.55 Å². The van der Waals surface area contributed by atoms with E-state index in [9.17, 15) is 4.79 Å². The second-order valence-electron chi connectivity index (χ2n) is 6.10. The van der Waals surface area contributed by atoms with Crippen LogP contribution in [0, 0.1) is 0 Å². The van der Waals surface area contributed by atoms with E-state index in [4.69, 9.17) is 4.98 Å². The first-order valence-corrected chi connectivity index (χ1v) is 7.29. The first-order valence-electron chi connectivity index (χ1n) is 7.29. The molecule has 2 aliphatic rings. The van der Waals surface area contributed by atoms with Gasteiger partial charge in [-0.05, 0) is 49.8 Å². The van der Waals surface area contributed by atoms with Gasteiger partial charge >= 0.3 is 0 Å². The number of fused-ring (bicyclic) bond motifs is 1. The lowest BCUT2D eigenvalue weighted by Crippen LogP contribution is -2.31. The molecule has 1 aromatic heterocycles. The minimum Gasteiger partial charge on any atom is -0.331 e.